The van der Waals surface area contributed by atoms with Gasteiger partial charge in [-0.3, -0.25) is 0 Å². The molecule has 2 aliphatic carbocycles. The lowest BCUT2D eigenvalue weighted by atomic mass is 9.98. The van der Waals surface area contributed by atoms with Crippen molar-refractivity contribution in [1.29, 1.82) is 0 Å². The van der Waals surface area contributed by atoms with Crippen LogP contribution < -0.4 is 0 Å². The van der Waals surface area contributed by atoms with Crippen LogP contribution in [0.2, 0.25) is 0 Å². The molecule has 0 aromatic rings. The maximum Gasteiger partial charge on any atom is 0.0692 e. The summed E-state index contributed by atoms with van der Waals surface area (Å²) in [5.74, 6) is 0.920. The van der Waals surface area contributed by atoms with Crippen molar-refractivity contribution in [2.45, 2.75) is 61.4 Å². The van der Waals surface area contributed by atoms with E-state index in [1.54, 1.807) is 0 Å². The lowest BCUT2D eigenvalue weighted by molar-refractivity contribution is 0.0362. The van der Waals surface area contributed by atoms with E-state index in [1.807, 2.05) is 0 Å². The fraction of sp³-hybridized carbons (Fsp3) is 1.00. The zero-order chi connectivity index (χ0) is 9.80. The van der Waals surface area contributed by atoms with Crippen LogP contribution >= 0.6 is 22.6 Å². The van der Waals surface area contributed by atoms with Gasteiger partial charge in [0, 0.05) is 10.5 Å². The minimum atomic E-state index is 0.566. The number of rotatable bonds is 3. The Labute approximate surface area is 101 Å². The molecule has 2 saturated carbocycles. The summed E-state index contributed by atoms with van der Waals surface area (Å²) in [7, 11) is 0. The summed E-state index contributed by atoms with van der Waals surface area (Å²) >= 11 is 2.60. The first-order valence-electron chi connectivity index (χ1n) is 6.12. The molecule has 0 bridgehead atoms. The molecule has 2 fully saturated rings. The molecule has 1 nitrogen and oxygen atoms in total. The van der Waals surface area contributed by atoms with E-state index in [0.717, 1.165) is 16.4 Å². The summed E-state index contributed by atoms with van der Waals surface area (Å²) < 4.78 is 6.82. The Balaban J connectivity index is 1.72. The van der Waals surface area contributed by atoms with Crippen molar-refractivity contribution >= 4 is 22.6 Å². The van der Waals surface area contributed by atoms with Crippen molar-refractivity contribution in [3.8, 4) is 0 Å². The predicted molar refractivity (Wildman–Crippen MR) is 68.0 cm³/mol. The van der Waals surface area contributed by atoms with Crippen molar-refractivity contribution < 1.29 is 4.74 Å². The fourth-order valence-electron chi connectivity index (χ4n) is 2.14. The first-order valence-corrected chi connectivity index (χ1v) is 7.36. The van der Waals surface area contributed by atoms with Gasteiger partial charge in [0.05, 0.1) is 6.10 Å². The monoisotopic (exact) mass is 308 g/mol. The van der Waals surface area contributed by atoms with Crippen molar-refractivity contribution in [2.75, 3.05) is 6.61 Å². The number of alkyl halides is 1. The summed E-state index contributed by atoms with van der Waals surface area (Å²) in [5.41, 5.74) is 0. The van der Waals surface area contributed by atoms with Crippen LogP contribution in [0, 0.1) is 5.92 Å². The van der Waals surface area contributed by atoms with E-state index in [9.17, 15) is 0 Å². The van der Waals surface area contributed by atoms with Crippen molar-refractivity contribution in [1.82, 2.24) is 0 Å². The van der Waals surface area contributed by atoms with Crippen LogP contribution in [0.5, 0.6) is 0 Å². The van der Waals surface area contributed by atoms with E-state index in [4.69, 9.17) is 4.74 Å². The second-order valence-electron chi connectivity index (χ2n) is 4.82. The van der Waals surface area contributed by atoms with E-state index in [0.29, 0.717) is 6.10 Å². The van der Waals surface area contributed by atoms with E-state index in [2.05, 4.69) is 22.6 Å². The van der Waals surface area contributed by atoms with Gasteiger partial charge in [0.25, 0.3) is 0 Å². The zero-order valence-corrected chi connectivity index (χ0v) is 11.0. The van der Waals surface area contributed by atoms with Crippen LogP contribution in [-0.4, -0.2) is 16.6 Å². The molecule has 2 heteroatoms. The molecule has 82 valence electrons. The van der Waals surface area contributed by atoms with Crippen molar-refractivity contribution in [3.05, 3.63) is 0 Å². The van der Waals surface area contributed by atoms with Crippen molar-refractivity contribution in [3.63, 3.8) is 0 Å². The molecule has 2 aliphatic rings. The number of halogens is 1. The SMILES string of the molecule is IC1CCCCCCC1OCC1CC1. The summed E-state index contributed by atoms with van der Waals surface area (Å²) in [6.45, 7) is 1.05. The molecule has 0 radical (unpaired) electrons. The van der Waals surface area contributed by atoms with Gasteiger partial charge >= 0.3 is 0 Å². The fourth-order valence-corrected chi connectivity index (χ4v) is 3.14. The van der Waals surface area contributed by atoms with Gasteiger partial charge in [0.1, 0.15) is 0 Å². The molecule has 0 amide bonds. The molecule has 2 rings (SSSR count). The molecule has 0 spiro atoms. The van der Waals surface area contributed by atoms with Gasteiger partial charge in [0.15, 0.2) is 0 Å². The molecule has 0 aromatic carbocycles. The Morgan fingerprint density at radius 1 is 0.929 bits per heavy atom. The Bertz CT molecular complexity index is 168. The third-order valence-corrected chi connectivity index (χ3v) is 4.79. The third kappa shape index (κ3) is 3.69. The topological polar surface area (TPSA) is 9.23 Å². The van der Waals surface area contributed by atoms with Gasteiger partial charge in [-0.15, -0.1) is 0 Å². The highest BCUT2D eigenvalue weighted by molar-refractivity contribution is 14.1. The predicted octanol–water partition coefficient (Wildman–Crippen LogP) is 3.94. The van der Waals surface area contributed by atoms with Crippen LogP contribution in [-0.2, 0) is 4.74 Å². The molecule has 14 heavy (non-hydrogen) atoms. The van der Waals surface area contributed by atoms with Gasteiger partial charge < -0.3 is 4.74 Å². The van der Waals surface area contributed by atoms with E-state index < -0.39 is 0 Å². The highest BCUT2D eigenvalue weighted by Crippen LogP contribution is 2.32. The largest absolute Gasteiger partial charge is 0.377 e. The summed E-state index contributed by atoms with van der Waals surface area (Å²) in [6.07, 6.45) is 11.7. The lowest BCUT2D eigenvalue weighted by Gasteiger charge is -2.25. The quantitative estimate of drug-likeness (QED) is 0.567. The lowest BCUT2D eigenvalue weighted by Crippen LogP contribution is -2.26. The van der Waals surface area contributed by atoms with Gasteiger partial charge in [0.2, 0.25) is 0 Å². The van der Waals surface area contributed by atoms with Gasteiger partial charge in [-0.05, 0) is 31.6 Å². The first-order chi connectivity index (χ1) is 6.86. The standard InChI is InChI=1S/C12H21IO/c13-11-5-3-1-2-4-6-12(11)14-9-10-7-8-10/h10-12H,1-9H2. The second-order valence-corrected chi connectivity index (χ2v) is 6.42. The number of hydrogen-bond donors (Lipinski definition) is 0. The molecule has 0 heterocycles. The Morgan fingerprint density at radius 2 is 1.64 bits per heavy atom. The van der Waals surface area contributed by atoms with Gasteiger partial charge in [-0.25, -0.2) is 0 Å². The molecule has 0 aliphatic heterocycles. The maximum atomic E-state index is 6.05. The van der Waals surface area contributed by atoms with Crippen LogP contribution in [0.25, 0.3) is 0 Å². The highest BCUT2D eigenvalue weighted by Gasteiger charge is 2.26. The Morgan fingerprint density at radius 3 is 2.36 bits per heavy atom. The summed E-state index contributed by atoms with van der Waals surface area (Å²) in [4.78, 5) is 0. The first kappa shape index (κ1) is 11.2. The molecular formula is C12H21IO. The van der Waals surface area contributed by atoms with E-state index >= 15 is 0 Å². The highest BCUT2D eigenvalue weighted by atomic mass is 127. The smallest absolute Gasteiger partial charge is 0.0692 e. The molecular weight excluding hydrogens is 287 g/mol. The number of hydrogen-bond acceptors (Lipinski definition) is 1. The second kappa shape index (κ2) is 5.69. The summed E-state index contributed by atoms with van der Waals surface area (Å²) in [5, 5.41) is 0. The third-order valence-electron chi connectivity index (χ3n) is 3.36. The van der Waals surface area contributed by atoms with Crippen LogP contribution in [0.3, 0.4) is 0 Å². The van der Waals surface area contributed by atoms with Gasteiger partial charge in [-0.2, -0.15) is 0 Å². The maximum absolute atomic E-state index is 6.05. The normalized spacial score (nSPS) is 34.9. The van der Waals surface area contributed by atoms with Gasteiger partial charge in [-0.1, -0.05) is 48.3 Å². The Kier molecular flexibility index (Phi) is 4.54. The van der Waals surface area contributed by atoms with Crippen LogP contribution in [0.4, 0.5) is 0 Å². The Hall–Kier alpha value is 0.690. The van der Waals surface area contributed by atoms with Crippen molar-refractivity contribution in [2.24, 2.45) is 5.92 Å². The minimum absolute atomic E-state index is 0.566. The van der Waals surface area contributed by atoms with Crippen LogP contribution in [0.1, 0.15) is 51.4 Å². The molecule has 0 N–H and O–H groups in total. The average molecular weight is 308 g/mol. The number of ether oxygens (including phenoxy) is 1. The zero-order valence-electron chi connectivity index (χ0n) is 8.88. The molecule has 0 aromatic heterocycles. The van der Waals surface area contributed by atoms with E-state index in [1.165, 1.54) is 51.4 Å². The minimum Gasteiger partial charge on any atom is -0.377 e. The molecule has 2 unspecified atom stereocenters. The summed E-state index contributed by atoms with van der Waals surface area (Å²) in [6, 6.07) is 0. The van der Waals surface area contributed by atoms with E-state index in [-0.39, 0.29) is 0 Å². The molecule has 2 atom stereocenters. The molecule has 0 saturated heterocycles. The van der Waals surface area contributed by atoms with Crippen LogP contribution in [0.15, 0.2) is 0 Å². The average Bonchev–Trinajstić information content (AvgIpc) is 2.95.